The SMILES string of the molecule is C(=Nc1ccccc1CCCCc1ccccc1N=CNc1ccccc1)Nc1ccccc1. The number of nitrogens with one attached hydrogen (secondary N) is 2. The minimum atomic E-state index is 1.000. The van der Waals surface area contributed by atoms with Crippen LogP contribution in [0.15, 0.2) is 119 Å². The molecule has 0 saturated carbocycles. The van der Waals surface area contributed by atoms with Crippen molar-refractivity contribution in [1.82, 2.24) is 0 Å². The van der Waals surface area contributed by atoms with Crippen molar-refractivity contribution in [3.63, 3.8) is 0 Å². The minimum Gasteiger partial charge on any atom is -0.346 e. The maximum absolute atomic E-state index is 4.65. The molecule has 4 nitrogen and oxygen atoms in total. The van der Waals surface area contributed by atoms with Gasteiger partial charge in [0.25, 0.3) is 0 Å². The molecule has 170 valence electrons. The summed E-state index contributed by atoms with van der Waals surface area (Å²) in [5.74, 6) is 0. The van der Waals surface area contributed by atoms with Gasteiger partial charge in [0.1, 0.15) is 0 Å². The molecule has 4 heteroatoms. The Balaban J connectivity index is 1.29. The van der Waals surface area contributed by atoms with Gasteiger partial charge in [-0.1, -0.05) is 72.8 Å². The quantitative estimate of drug-likeness (QED) is 0.140. The number of hydrogen-bond donors (Lipinski definition) is 2. The summed E-state index contributed by atoms with van der Waals surface area (Å²) in [4.78, 5) is 9.30. The molecule has 2 N–H and O–H groups in total. The topological polar surface area (TPSA) is 48.8 Å². The number of para-hydroxylation sites is 4. The lowest BCUT2D eigenvalue weighted by Gasteiger charge is -2.08. The Kier molecular flexibility index (Phi) is 8.63. The summed E-state index contributed by atoms with van der Waals surface area (Å²) in [5.41, 5.74) is 6.64. The summed E-state index contributed by atoms with van der Waals surface area (Å²) in [7, 11) is 0. The Morgan fingerprint density at radius 1 is 0.471 bits per heavy atom. The number of rotatable bonds is 11. The van der Waals surface area contributed by atoms with Crippen LogP contribution in [0.5, 0.6) is 0 Å². The molecule has 0 atom stereocenters. The Morgan fingerprint density at radius 3 is 1.29 bits per heavy atom. The standard InChI is InChI=1S/C30H30N4/c1-3-17-27(18-4-1)31-23-33-29-21-11-9-15-25(29)13-7-8-14-26-16-10-12-22-30(26)34-24-32-28-19-5-2-6-20-28/h1-6,9-12,15-24H,7-8,13-14H2,(H,31,33)(H,32,34). The van der Waals surface area contributed by atoms with Crippen molar-refractivity contribution >= 4 is 35.4 Å². The van der Waals surface area contributed by atoms with E-state index in [0.29, 0.717) is 0 Å². The molecular formula is C30H30N4. The summed E-state index contributed by atoms with van der Waals surface area (Å²) in [6.45, 7) is 0. The van der Waals surface area contributed by atoms with Crippen LogP contribution in [-0.2, 0) is 12.8 Å². The van der Waals surface area contributed by atoms with Gasteiger partial charge in [-0.25, -0.2) is 9.98 Å². The Morgan fingerprint density at radius 2 is 0.853 bits per heavy atom. The number of anilines is 2. The summed E-state index contributed by atoms with van der Waals surface area (Å²) < 4.78 is 0. The third-order valence-electron chi connectivity index (χ3n) is 5.54. The fraction of sp³-hybridized carbons (Fsp3) is 0.133. The fourth-order valence-corrected chi connectivity index (χ4v) is 3.75. The molecule has 0 radical (unpaired) electrons. The number of hydrogen-bond acceptors (Lipinski definition) is 2. The third-order valence-corrected chi connectivity index (χ3v) is 5.54. The van der Waals surface area contributed by atoms with Crippen molar-refractivity contribution in [2.45, 2.75) is 25.7 Å². The van der Waals surface area contributed by atoms with Gasteiger partial charge in [0, 0.05) is 11.4 Å². The van der Waals surface area contributed by atoms with E-state index >= 15 is 0 Å². The molecule has 0 amide bonds. The number of benzene rings is 4. The highest BCUT2D eigenvalue weighted by molar-refractivity contribution is 5.79. The maximum Gasteiger partial charge on any atom is 0.0930 e. The normalized spacial score (nSPS) is 11.2. The molecular weight excluding hydrogens is 416 g/mol. The van der Waals surface area contributed by atoms with Gasteiger partial charge in [-0.05, 0) is 73.2 Å². The predicted molar refractivity (Wildman–Crippen MR) is 146 cm³/mol. The molecule has 34 heavy (non-hydrogen) atoms. The van der Waals surface area contributed by atoms with Crippen LogP contribution >= 0.6 is 0 Å². The van der Waals surface area contributed by atoms with E-state index in [1.54, 1.807) is 12.7 Å². The van der Waals surface area contributed by atoms with Crippen LogP contribution in [0, 0.1) is 0 Å². The molecule has 0 bridgehead atoms. The second kappa shape index (κ2) is 12.8. The third kappa shape index (κ3) is 7.17. The van der Waals surface area contributed by atoms with Crippen molar-refractivity contribution in [3.05, 3.63) is 120 Å². The summed E-state index contributed by atoms with van der Waals surface area (Å²) in [5, 5.41) is 6.46. The smallest absolute Gasteiger partial charge is 0.0930 e. The van der Waals surface area contributed by atoms with Crippen molar-refractivity contribution in [1.29, 1.82) is 0 Å². The van der Waals surface area contributed by atoms with Crippen LogP contribution in [0.1, 0.15) is 24.0 Å². The maximum atomic E-state index is 4.65. The summed E-state index contributed by atoms with van der Waals surface area (Å²) >= 11 is 0. The fourth-order valence-electron chi connectivity index (χ4n) is 3.75. The van der Waals surface area contributed by atoms with Gasteiger partial charge in [-0.2, -0.15) is 0 Å². The highest BCUT2D eigenvalue weighted by Gasteiger charge is 2.03. The molecule has 0 aromatic heterocycles. The predicted octanol–water partition coefficient (Wildman–Crippen LogP) is 7.80. The highest BCUT2D eigenvalue weighted by Crippen LogP contribution is 2.23. The monoisotopic (exact) mass is 446 g/mol. The Bertz CT molecular complexity index is 1100. The molecule has 0 spiro atoms. The second-order valence-electron chi connectivity index (χ2n) is 8.00. The van der Waals surface area contributed by atoms with Gasteiger partial charge in [-0.15, -0.1) is 0 Å². The van der Waals surface area contributed by atoms with Crippen LogP contribution in [0.25, 0.3) is 0 Å². The molecule has 0 saturated heterocycles. The second-order valence-corrected chi connectivity index (χ2v) is 8.00. The van der Waals surface area contributed by atoms with Gasteiger partial charge in [0.05, 0.1) is 24.1 Å². The van der Waals surface area contributed by atoms with Gasteiger partial charge in [0.2, 0.25) is 0 Å². The first-order chi connectivity index (χ1) is 16.9. The molecule has 4 aromatic rings. The zero-order valence-electron chi connectivity index (χ0n) is 19.3. The van der Waals surface area contributed by atoms with E-state index in [4.69, 9.17) is 0 Å². The first-order valence-corrected chi connectivity index (χ1v) is 11.7. The Labute approximate surface area is 202 Å². The summed E-state index contributed by atoms with van der Waals surface area (Å²) in [6.07, 6.45) is 7.73. The van der Waals surface area contributed by atoms with Crippen LogP contribution in [0.4, 0.5) is 22.7 Å². The number of aliphatic imine (C=N–C) groups is 2. The molecule has 4 aromatic carbocycles. The van der Waals surface area contributed by atoms with E-state index in [0.717, 1.165) is 48.4 Å². The van der Waals surface area contributed by atoms with Gasteiger partial charge in [-0.3, -0.25) is 0 Å². The molecule has 0 unspecified atom stereocenters. The molecule has 0 heterocycles. The van der Waals surface area contributed by atoms with Crippen molar-refractivity contribution in [2.24, 2.45) is 9.98 Å². The van der Waals surface area contributed by atoms with Crippen molar-refractivity contribution in [3.8, 4) is 0 Å². The molecule has 0 aliphatic carbocycles. The Hall–Kier alpha value is -4.18. The van der Waals surface area contributed by atoms with Crippen LogP contribution < -0.4 is 10.6 Å². The van der Waals surface area contributed by atoms with Gasteiger partial charge in [0.15, 0.2) is 0 Å². The molecule has 0 aliphatic rings. The first kappa shape index (κ1) is 23.0. The number of unbranched alkanes of at least 4 members (excludes halogenated alkanes) is 1. The van der Waals surface area contributed by atoms with E-state index < -0.39 is 0 Å². The number of nitrogens with zero attached hydrogens (tertiary/aromatic N) is 2. The first-order valence-electron chi connectivity index (χ1n) is 11.7. The van der Waals surface area contributed by atoms with E-state index in [-0.39, 0.29) is 0 Å². The van der Waals surface area contributed by atoms with Gasteiger partial charge >= 0.3 is 0 Å². The largest absolute Gasteiger partial charge is 0.346 e. The average molecular weight is 447 g/mol. The zero-order chi connectivity index (χ0) is 23.3. The zero-order valence-corrected chi connectivity index (χ0v) is 19.3. The number of aryl methyl sites for hydroxylation is 2. The van der Waals surface area contributed by atoms with Crippen molar-refractivity contribution < 1.29 is 0 Å². The van der Waals surface area contributed by atoms with E-state index in [9.17, 15) is 0 Å². The lowest BCUT2D eigenvalue weighted by Crippen LogP contribution is -1.95. The minimum absolute atomic E-state index is 1.000. The van der Waals surface area contributed by atoms with Crippen molar-refractivity contribution in [2.75, 3.05) is 10.6 Å². The highest BCUT2D eigenvalue weighted by atomic mass is 14.9. The summed E-state index contributed by atoms with van der Waals surface area (Å²) in [6, 6.07) is 36.9. The van der Waals surface area contributed by atoms with E-state index in [1.807, 2.05) is 72.8 Å². The van der Waals surface area contributed by atoms with E-state index in [2.05, 4.69) is 57.0 Å². The van der Waals surface area contributed by atoms with E-state index in [1.165, 1.54) is 11.1 Å². The van der Waals surface area contributed by atoms with Crippen LogP contribution in [0.2, 0.25) is 0 Å². The van der Waals surface area contributed by atoms with Crippen LogP contribution in [-0.4, -0.2) is 12.7 Å². The lowest BCUT2D eigenvalue weighted by molar-refractivity contribution is 0.735. The molecule has 0 aliphatic heterocycles. The lowest BCUT2D eigenvalue weighted by atomic mass is 10.0. The molecule has 4 rings (SSSR count). The van der Waals surface area contributed by atoms with Gasteiger partial charge < -0.3 is 10.6 Å². The molecule has 0 fully saturated rings. The average Bonchev–Trinajstić information content (AvgIpc) is 2.89. The van der Waals surface area contributed by atoms with Crippen LogP contribution in [0.3, 0.4) is 0 Å².